The summed E-state index contributed by atoms with van der Waals surface area (Å²) in [6.45, 7) is 0. The van der Waals surface area contributed by atoms with Gasteiger partial charge in [-0.25, -0.2) is 15.0 Å². The van der Waals surface area contributed by atoms with Crippen LogP contribution in [0, 0.1) is 0 Å². The van der Waals surface area contributed by atoms with Crippen molar-refractivity contribution < 1.29 is 0 Å². The van der Waals surface area contributed by atoms with Crippen LogP contribution in [0.3, 0.4) is 0 Å². The number of benzene rings is 3. The molecule has 0 radical (unpaired) electrons. The second kappa shape index (κ2) is 8.47. The van der Waals surface area contributed by atoms with E-state index in [1.807, 2.05) is 30.0 Å². The van der Waals surface area contributed by atoms with Gasteiger partial charge in [0.25, 0.3) is 0 Å². The Balaban J connectivity index is 1.44. The maximum absolute atomic E-state index is 5.01. The fourth-order valence-corrected chi connectivity index (χ4v) is 6.55. The highest BCUT2D eigenvalue weighted by Crippen LogP contribution is 2.47. The van der Waals surface area contributed by atoms with E-state index in [2.05, 4.69) is 85.0 Å². The summed E-state index contributed by atoms with van der Waals surface area (Å²) in [5.74, 6) is 2.54. The molecule has 3 nitrogen and oxygen atoms in total. The summed E-state index contributed by atoms with van der Waals surface area (Å²) < 4.78 is 0. The molecule has 0 amide bonds. The lowest BCUT2D eigenvalue weighted by molar-refractivity contribution is 0.944. The zero-order valence-corrected chi connectivity index (χ0v) is 20.0. The van der Waals surface area contributed by atoms with E-state index in [-0.39, 0.29) is 0 Å². The van der Waals surface area contributed by atoms with Crippen LogP contribution in [-0.2, 0) is 0 Å². The van der Waals surface area contributed by atoms with E-state index in [1.54, 1.807) is 0 Å². The third-order valence-corrected chi connectivity index (χ3v) is 8.21. The number of hydrogen-bond acceptors (Lipinski definition) is 4. The lowest BCUT2D eigenvalue weighted by Crippen LogP contribution is -2.34. The average molecular weight is 470 g/mol. The molecule has 0 N–H and O–H groups in total. The second-order valence-electron chi connectivity index (χ2n) is 9.10. The van der Waals surface area contributed by atoms with Gasteiger partial charge in [0, 0.05) is 32.8 Å². The standard InChI is InChI=1S/C31H23N3S/c1-3-10-20(11-4-1)29-32-30(21-12-5-2-6-13-21)34-31(33-29)24-16-9-14-22-18-28-26(19-25(22)24)23-15-7-8-17-27(23)35-28/h1,3-5,7-19,26,28H,2,6H2. The number of hydrogen-bond donors (Lipinski definition) is 0. The Bertz CT molecular complexity index is 1640. The predicted octanol–water partition coefficient (Wildman–Crippen LogP) is 5.77. The van der Waals surface area contributed by atoms with Crippen molar-refractivity contribution in [3.63, 3.8) is 0 Å². The van der Waals surface area contributed by atoms with Gasteiger partial charge in [-0.15, -0.1) is 11.8 Å². The van der Waals surface area contributed by atoms with Gasteiger partial charge in [-0.2, -0.15) is 0 Å². The van der Waals surface area contributed by atoms with E-state index in [0.29, 0.717) is 17.0 Å². The predicted molar refractivity (Wildman–Crippen MR) is 144 cm³/mol. The van der Waals surface area contributed by atoms with Gasteiger partial charge < -0.3 is 0 Å². The van der Waals surface area contributed by atoms with Crippen LogP contribution in [0.4, 0.5) is 0 Å². The van der Waals surface area contributed by atoms with Gasteiger partial charge in [-0.1, -0.05) is 97.1 Å². The van der Waals surface area contributed by atoms with Crippen LogP contribution in [0.5, 0.6) is 0 Å². The van der Waals surface area contributed by atoms with E-state index in [4.69, 9.17) is 15.0 Å². The van der Waals surface area contributed by atoms with Crippen molar-refractivity contribution in [3.8, 4) is 22.8 Å². The summed E-state index contributed by atoms with van der Waals surface area (Å²) in [5, 5.41) is 2.90. The van der Waals surface area contributed by atoms with Crippen LogP contribution in [0.2, 0.25) is 0 Å². The molecule has 3 aromatic carbocycles. The number of fused-ring (bicyclic) bond motifs is 4. The van der Waals surface area contributed by atoms with E-state index in [9.17, 15) is 0 Å². The van der Waals surface area contributed by atoms with Crippen molar-refractivity contribution in [3.05, 3.63) is 113 Å². The summed E-state index contributed by atoms with van der Waals surface area (Å²) in [6.07, 6.45) is 13.5. The normalized spacial score (nSPS) is 19.6. The van der Waals surface area contributed by atoms with Crippen LogP contribution in [0.25, 0.3) is 40.5 Å². The van der Waals surface area contributed by atoms with E-state index >= 15 is 0 Å². The number of aromatic nitrogens is 3. The molecule has 4 heteroatoms. The molecule has 4 aromatic rings. The quantitative estimate of drug-likeness (QED) is 0.382. The van der Waals surface area contributed by atoms with E-state index in [0.717, 1.165) is 41.2 Å². The van der Waals surface area contributed by atoms with Crippen molar-refractivity contribution in [1.29, 1.82) is 0 Å². The molecule has 1 aromatic heterocycles. The second-order valence-corrected chi connectivity index (χ2v) is 10.3. The molecule has 35 heavy (non-hydrogen) atoms. The highest BCUT2D eigenvalue weighted by Gasteiger charge is 2.32. The van der Waals surface area contributed by atoms with Crippen molar-refractivity contribution >= 4 is 29.5 Å². The minimum Gasteiger partial charge on any atom is -0.208 e. The highest BCUT2D eigenvalue weighted by molar-refractivity contribution is 8.00. The highest BCUT2D eigenvalue weighted by atomic mass is 32.2. The summed E-state index contributed by atoms with van der Waals surface area (Å²) in [7, 11) is 0. The molecule has 1 aliphatic heterocycles. The first kappa shape index (κ1) is 20.6. The van der Waals surface area contributed by atoms with Gasteiger partial charge in [0.2, 0.25) is 0 Å². The molecular formula is C31H23N3S. The van der Waals surface area contributed by atoms with Gasteiger partial charge in [-0.05, 0) is 34.9 Å². The van der Waals surface area contributed by atoms with Crippen molar-refractivity contribution in [1.82, 2.24) is 15.0 Å². The number of thioether (sulfide) groups is 1. The Morgan fingerprint density at radius 3 is 2.43 bits per heavy atom. The maximum atomic E-state index is 5.01. The van der Waals surface area contributed by atoms with Crippen molar-refractivity contribution in [2.24, 2.45) is 0 Å². The molecule has 3 aliphatic rings. The van der Waals surface area contributed by atoms with Crippen LogP contribution in [0.15, 0.2) is 95.9 Å². The summed E-state index contributed by atoms with van der Waals surface area (Å²) in [4.78, 5) is 16.3. The Morgan fingerprint density at radius 1 is 0.714 bits per heavy atom. The summed E-state index contributed by atoms with van der Waals surface area (Å²) >= 11 is 1.96. The fourth-order valence-electron chi connectivity index (χ4n) is 5.17. The van der Waals surface area contributed by atoms with Gasteiger partial charge in [0.1, 0.15) is 0 Å². The largest absolute Gasteiger partial charge is 0.208 e. The third kappa shape index (κ3) is 3.65. The molecule has 0 bridgehead atoms. The Morgan fingerprint density at radius 2 is 1.54 bits per heavy atom. The van der Waals surface area contributed by atoms with Crippen molar-refractivity contribution in [2.75, 3.05) is 0 Å². The van der Waals surface area contributed by atoms with E-state index < -0.39 is 0 Å². The third-order valence-electron chi connectivity index (χ3n) is 6.89. The monoisotopic (exact) mass is 469 g/mol. The lowest BCUT2D eigenvalue weighted by Gasteiger charge is -2.18. The summed E-state index contributed by atoms with van der Waals surface area (Å²) in [5.41, 5.74) is 4.55. The van der Waals surface area contributed by atoms with Gasteiger partial charge >= 0.3 is 0 Å². The van der Waals surface area contributed by atoms with Crippen LogP contribution in [-0.4, -0.2) is 20.2 Å². The van der Waals surface area contributed by atoms with Crippen molar-refractivity contribution in [2.45, 2.75) is 28.9 Å². The van der Waals surface area contributed by atoms with Gasteiger partial charge in [0.15, 0.2) is 17.5 Å². The zero-order chi connectivity index (χ0) is 23.2. The molecule has 2 atom stereocenters. The molecule has 0 fully saturated rings. The smallest absolute Gasteiger partial charge is 0.164 e. The molecule has 168 valence electrons. The molecule has 0 spiro atoms. The lowest BCUT2D eigenvalue weighted by atomic mass is 9.89. The average Bonchev–Trinajstić information content (AvgIpc) is 3.29. The summed E-state index contributed by atoms with van der Waals surface area (Å²) in [6, 6.07) is 25.5. The minimum atomic E-state index is 0.365. The maximum Gasteiger partial charge on any atom is 0.164 e. The van der Waals surface area contributed by atoms with Crippen LogP contribution in [0.1, 0.15) is 30.1 Å². The minimum absolute atomic E-state index is 0.365. The molecule has 2 aliphatic carbocycles. The number of nitrogens with zero attached hydrogens (tertiary/aromatic N) is 3. The van der Waals surface area contributed by atoms with Gasteiger partial charge in [-0.3, -0.25) is 0 Å². The number of rotatable bonds is 3. The first-order chi connectivity index (χ1) is 17.3. The Kier molecular flexibility index (Phi) is 4.99. The molecule has 7 rings (SSSR count). The molecule has 2 unspecified atom stereocenters. The molecule has 2 heterocycles. The van der Waals surface area contributed by atoms with Crippen LogP contribution >= 0.6 is 11.8 Å². The first-order valence-corrected chi connectivity index (χ1v) is 13.0. The van der Waals surface area contributed by atoms with E-state index in [1.165, 1.54) is 20.9 Å². The zero-order valence-electron chi connectivity index (χ0n) is 19.1. The Labute approximate surface area is 208 Å². The molecule has 0 saturated heterocycles. The van der Waals surface area contributed by atoms with Gasteiger partial charge in [0.05, 0.1) is 0 Å². The topological polar surface area (TPSA) is 38.7 Å². The fraction of sp³-hybridized carbons (Fsp3) is 0.129. The molecule has 0 saturated carbocycles. The molecular weight excluding hydrogens is 446 g/mol. The Hall–Kier alpha value is -3.76. The number of allylic oxidation sites excluding steroid dienone is 4. The first-order valence-electron chi connectivity index (χ1n) is 12.1. The SMILES string of the molecule is C1=CC(c2nc(-c3ccccc3)nc(-c3cccc4c3=CC3c5ccccc5SC3C=4)n2)=CCC1. The van der Waals surface area contributed by atoms with Crippen LogP contribution < -0.4 is 10.4 Å².